The fourth-order valence-electron chi connectivity index (χ4n) is 7.26. The third-order valence-electron chi connectivity index (χ3n) is 10.1. The molecule has 0 unspecified atom stereocenters. The van der Waals surface area contributed by atoms with E-state index in [1.165, 1.54) is 27.5 Å². The molecule has 8 aromatic rings. The van der Waals surface area contributed by atoms with Crippen molar-refractivity contribution in [1.82, 2.24) is 15.0 Å². The average molecular weight is 696 g/mol. The topological polar surface area (TPSA) is 51.8 Å². The lowest BCUT2D eigenvalue weighted by Crippen LogP contribution is -2.04. The molecule has 0 spiro atoms. The fourth-order valence-corrected chi connectivity index (χ4v) is 7.26. The molecule has 2 heterocycles. The van der Waals surface area contributed by atoms with Crippen molar-refractivity contribution in [3.8, 4) is 33.9 Å². The molecule has 0 saturated carbocycles. The molecule has 0 aliphatic heterocycles. The Morgan fingerprint density at radius 2 is 1.26 bits per heavy atom. The number of fused-ring (bicyclic) bond motifs is 4. The number of nitrogens with zero attached hydrogens (tertiary/aromatic N) is 3. The molecular weight excluding hydrogens is 659 g/mol. The van der Waals surface area contributed by atoms with E-state index in [0.717, 1.165) is 69.0 Å². The molecule has 258 valence electrons. The minimum atomic E-state index is 0.628. The van der Waals surface area contributed by atoms with E-state index in [1.807, 2.05) is 42.5 Å². The zero-order valence-corrected chi connectivity index (χ0v) is 29.8. The van der Waals surface area contributed by atoms with Gasteiger partial charge < -0.3 is 4.42 Å². The summed E-state index contributed by atoms with van der Waals surface area (Å²) in [5, 5.41) is 4.47. The molecular formula is C50H37N3O. The second kappa shape index (κ2) is 14.6. The molecule has 0 atom stereocenters. The normalized spacial score (nSPS) is 13.3. The number of hydrogen-bond acceptors (Lipinski definition) is 4. The van der Waals surface area contributed by atoms with Crippen molar-refractivity contribution in [1.29, 1.82) is 0 Å². The molecule has 1 aliphatic carbocycles. The van der Waals surface area contributed by atoms with Crippen LogP contribution in [-0.2, 0) is 6.42 Å². The lowest BCUT2D eigenvalue weighted by Gasteiger charge is -2.16. The van der Waals surface area contributed by atoms with Gasteiger partial charge in [0.2, 0.25) is 0 Å². The van der Waals surface area contributed by atoms with Crippen LogP contribution in [0.15, 0.2) is 187 Å². The van der Waals surface area contributed by atoms with Crippen molar-refractivity contribution in [2.75, 3.05) is 0 Å². The highest BCUT2D eigenvalue weighted by Gasteiger charge is 2.20. The van der Waals surface area contributed by atoms with Crippen LogP contribution < -0.4 is 0 Å². The van der Waals surface area contributed by atoms with Crippen molar-refractivity contribution in [3.63, 3.8) is 0 Å². The number of furan rings is 1. The number of aromatic nitrogens is 3. The van der Waals surface area contributed by atoms with E-state index in [4.69, 9.17) is 19.4 Å². The van der Waals surface area contributed by atoms with E-state index >= 15 is 0 Å². The summed E-state index contributed by atoms with van der Waals surface area (Å²) in [5.74, 6) is 1.98. The summed E-state index contributed by atoms with van der Waals surface area (Å²) in [5.41, 5.74) is 10.7. The Labute approximate surface area is 314 Å². The van der Waals surface area contributed by atoms with Crippen molar-refractivity contribution >= 4 is 43.9 Å². The van der Waals surface area contributed by atoms with Gasteiger partial charge in [-0.2, -0.15) is 0 Å². The molecule has 4 heteroatoms. The Hall–Kier alpha value is -6.91. The largest absolute Gasteiger partial charge is 0.456 e. The smallest absolute Gasteiger partial charge is 0.164 e. The zero-order valence-electron chi connectivity index (χ0n) is 29.8. The minimum Gasteiger partial charge on any atom is -0.456 e. The monoisotopic (exact) mass is 695 g/mol. The summed E-state index contributed by atoms with van der Waals surface area (Å²) in [6.07, 6.45) is 17.0. The van der Waals surface area contributed by atoms with Crippen LogP contribution in [0.5, 0.6) is 0 Å². The standard InChI is InChI=1S/C50H37N3O/c1-2-3-4-5-7-13-34-20-22-36(23-21-34)37-24-27-39(28-25-37)49-51-48(38-15-8-6-9-16-38)52-50(53-49)43-18-12-19-46-47(43)44-33-42(30-31-45(44)54-46)41-29-26-35-14-10-11-17-40(35)32-41/h2-12,14-24,26-27,29-33H,1,13,25,28H2/b4-3-,7-5-. The fraction of sp³-hybridized carbons (Fsp3) is 0.0600. The summed E-state index contributed by atoms with van der Waals surface area (Å²) in [7, 11) is 0. The van der Waals surface area contributed by atoms with Gasteiger partial charge in [0.05, 0.1) is 0 Å². The molecule has 0 N–H and O–H groups in total. The summed E-state index contributed by atoms with van der Waals surface area (Å²) >= 11 is 0. The van der Waals surface area contributed by atoms with E-state index in [2.05, 4.69) is 134 Å². The van der Waals surface area contributed by atoms with Crippen LogP contribution in [0.3, 0.4) is 0 Å². The Balaban J connectivity index is 1.10. The second-order valence-corrected chi connectivity index (χ2v) is 13.6. The first-order chi connectivity index (χ1) is 26.7. The summed E-state index contributed by atoms with van der Waals surface area (Å²) < 4.78 is 6.43. The van der Waals surface area contributed by atoms with E-state index in [-0.39, 0.29) is 0 Å². The molecule has 6 aromatic carbocycles. The molecule has 2 aromatic heterocycles. The van der Waals surface area contributed by atoms with E-state index in [1.54, 1.807) is 6.08 Å². The van der Waals surface area contributed by atoms with Crippen LogP contribution in [0.4, 0.5) is 0 Å². The van der Waals surface area contributed by atoms with Gasteiger partial charge in [-0.05, 0) is 87.7 Å². The van der Waals surface area contributed by atoms with Gasteiger partial charge in [0, 0.05) is 21.9 Å². The van der Waals surface area contributed by atoms with Crippen LogP contribution in [0.2, 0.25) is 0 Å². The predicted molar refractivity (Wildman–Crippen MR) is 225 cm³/mol. The second-order valence-electron chi connectivity index (χ2n) is 13.6. The molecule has 1 aliphatic rings. The lowest BCUT2D eigenvalue weighted by atomic mass is 9.92. The minimum absolute atomic E-state index is 0.628. The van der Waals surface area contributed by atoms with Gasteiger partial charge in [0.1, 0.15) is 11.2 Å². The van der Waals surface area contributed by atoms with Gasteiger partial charge in [-0.1, -0.05) is 158 Å². The SMILES string of the molecule is C=C/C=C\C=C/Cc1ccc(C2=CC=C(c3nc(-c4ccccc4)nc(-c4cccc5oc6ccc(-c7ccc8ccccc8c7)cc6c45)n3)CC2)cc1. The average Bonchev–Trinajstić information content (AvgIpc) is 3.62. The Bertz CT molecular complexity index is 2800. The molecule has 9 rings (SSSR count). The first-order valence-electron chi connectivity index (χ1n) is 18.4. The highest BCUT2D eigenvalue weighted by atomic mass is 16.3. The van der Waals surface area contributed by atoms with Gasteiger partial charge >= 0.3 is 0 Å². The van der Waals surface area contributed by atoms with Crippen LogP contribution in [-0.4, -0.2) is 15.0 Å². The summed E-state index contributed by atoms with van der Waals surface area (Å²) in [6, 6.07) is 46.7. The summed E-state index contributed by atoms with van der Waals surface area (Å²) in [4.78, 5) is 15.3. The molecule has 0 radical (unpaired) electrons. The van der Waals surface area contributed by atoms with Gasteiger partial charge in [0.25, 0.3) is 0 Å². The Morgan fingerprint density at radius 1 is 0.537 bits per heavy atom. The van der Waals surface area contributed by atoms with Gasteiger partial charge in [-0.3, -0.25) is 0 Å². The maximum atomic E-state index is 6.43. The van der Waals surface area contributed by atoms with Crippen LogP contribution in [0, 0.1) is 0 Å². The van der Waals surface area contributed by atoms with Crippen molar-refractivity contribution in [3.05, 3.63) is 200 Å². The first-order valence-corrected chi connectivity index (χ1v) is 18.4. The number of allylic oxidation sites excluding steroid dienone is 9. The summed E-state index contributed by atoms with van der Waals surface area (Å²) in [6.45, 7) is 3.72. The van der Waals surface area contributed by atoms with Gasteiger partial charge in [-0.25, -0.2) is 15.0 Å². The number of hydrogen-bond donors (Lipinski definition) is 0. The molecule has 0 fully saturated rings. The van der Waals surface area contributed by atoms with Crippen molar-refractivity contribution in [2.45, 2.75) is 19.3 Å². The van der Waals surface area contributed by atoms with Gasteiger partial charge in [0.15, 0.2) is 17.5 Å². The van der Waals surface area contributed by atoms with E-state index in [0.29, 0.717) is 17.5 Å². The van der Waals surface area contributed by atoms with Crippen molar-refractivity contribution < 1.29 is 4.42 Å². The maximum Gasteiger partial charge on any atom is 0.164 e. The molecule has 0 saturated heterocycles. The first kappa shape index (κ1) is 33.0. The molecule has 0 bridgehead atoms. The predicted octanol–water partition coefficient (Wildman–Crippen LogP) is 13.0. The molecule has 0 amide bonds. The maximum absolute atomic E-state index is 6.43. The third kappa shape index (κ3) is 6.62. The van der Waals surface area contributed by atoms with Crippen LogP contribution in [0.25, 0.3) is 77.8 Å². The van der Waals surface area contributed by atoms with Gasteiger partial charge in [-0.15, -0.1) is 0 Å². The third-order valence-corrected chi connectivity index (χ3v) is 10.1. The van der Waals surface area contributed by atoms with Crippen molar-refractivity contribution in [2.24, 2.45) is 0 Å². The van der Waals surface area contributed by atoms with E-state index < -0.39 is 0 Å². The van der Waals surface area contributed by atoms with Crippen LogP contribution >= 0.6 is 0 Å². The highest BCUT2D eigenvalue weighted by Crippen LogP contribution is 2.39. The Morgan fingerprint density at radius 3 is 2.09 bits per heavy atom. The number of rotatable bonds is 9. The van der Waals surface area contributed by atoms with Crippen LogP contribution in [0.1, 0.15) is 29.8 Å². The Kier molecular flexibility index (Phi) is 8.92. The quantitative estimate of drug-likeness (QED) is 0.141. The number of benzene rings is 6. The zero-order chi connectivity index (χ0) is 36.3. The molecule has 4 nitrogen and oxygen atoms in total. The van der Waals surface area contributed by atoms with E-state index in [9.17, 15) is 0 Å². The highest BCUT2D eigenvalue weighted by molar-refractivity contribution is 6.13. The lowest BCUT2D eigenvalue weighted by molar-refractivity contribution is 0.669. The molecule has 54 heavy (non-hydrogen) atoms.